The molecule has 0 unspecified atom stereocenters. The monoisotopic (exact) mass is 693 g/mol. The van der Waals surface area contributed by atoms with E-state index in [1.807, 2.05) is 6.92 Å². The summed E-state index contributed by atoms with van der Waals surface area (Å²) in [6, 6.07) is 43.2. The number of hydrogen-bond acceptors (Lipinski definition) is 5. The molecule has 1 saturated heterocycles. The van der Waals surface area contributed by atoms with E-state index < -0.39 is 16.6 Å². The van der Waals surface area contributed by atoms with Gasteiger partial charge in [0.05, 0.1) is 26.4 Å². The highest BCUT2D eigenvalue weighted by atomic mass is 28.4. The Labute approximate surface area is 296 Å². The second kappa shape index (κ2) is 15.7. The van der Waals surface area contributed by atoms with Crippen molar-refractivity contribution in [3.63, 3.8) is 0 Å². The van der Waals surface area contributed by atoms with Gasteiger partial charge >= 0.3 is 5.97 Å². The minimum absolute atomic E-state index is 0.0545. The number of carbonyl (C=O) groups excluding carboxylic acids is 1. The van der Waals surface area contributed by atoms with E-state index in [2.05, 4.69) is 168 Å². The topological polar surface area (TPSA) is 48.0 Å². The molecule has 1 aliphatic heterocycles. The van der Waals surface area contributed by atoms with Gasteiger partial charge in [0.25, 0.3) is 16.6 Å². The molecule has 7 heteroatoms. The largest absolute Gasteiger partial charge is 0.465 e. The molecule has 4 aromatic rings. The average Bonchev–Trinajstić information content (AvgIpc) is 3.46. The SMILES string of the molecule is CCOC(=O)CN1[C@@H](CO[Si](c2ccccc2)(c2ccccc2)C(C)(C)C)CC[C@@H]1CO[Si](c1ccccc1)(c1ccccc1)C(C)(C)C. The smallest absolute Gasteiger partial charge is 0.320 e. The number of rotatable bonds is 13. The first-order chi connectivity index (χ1) is 23.4. The molecule has 5 nitrogen and oxygen atoms in total. The Kier molecular flexibility index (Phi) is 11.8. The Morgan fingerprint density at radius 1 is 0.592 bits per heavy atom. The highest BCUT2D eigenvalue weighted by Gasteiger charge is 2.53. The van der Waals surface area contributed by atoms with Crippen LogP contribution in [0.15, 0.2) is 121 Å². The van der Waals surface area contributed by atoms with Gasteiger partial charge < -0.3 is 13.6 Å². The van der Waals surface area contributed by atoms with Crippen molar-refractivity contribution in [3.05, 3.63) is 121 Å². The maximum atomic E-state index is 13.2. The number of esters is 1. The summed E-state index contributed by atoms with van der Waals surface area (Å²) in [7, 11) is -5.50. The van der Waals surface area contributed by atoms with Gasteiger partial charge in [-0.05, 0) is 50.6 Å². The molecule has 0 N–H and O–H groups in total. The summed E-state index contributed by atoms with van der Waals surface area (Å²) in [4.78, 5) is 15.5. The number of benzene rings is 4. The summed E-state index contributed by atoms with van der Waals surface area (Å²) >= 11 is 0. The first kappa shape index (κ1) is 36.9. The van der Waals surface area contributed by atoms with Gasteiger partial charge in [0, 0.05) is 12.1 Å². The first-order valence-electron chi connectivity index (χ1n) is 17.9. The fourth-order valence-electron chi connectivity index (χ4n) is 7.95. The summed E-state index contributed by atoms with van der Waals surface area (Å²) in [5, 5.41) is 4.77. The second-order valence-corrected chi connectivity index (χ2v) is 23.9. The van der Waals surface area contributed by atoms with E-state index in [1.165, 1.54) is 20.7 Å². The van der Waals surface area contributed by atoms with Crippen molar-refractivity contribution in [2.24, 2.45) is 0 Å². The molecule has 0 aromatic heterocycles. The Morgan fingerprint density at radius 3 is 1.16 bits per heavy atom. The molecular formula is C42H55NO4Si2. The Bertz CT molecular complexity index is 1410. The maximum Gasteiger partial charge on any atom is 0.320 e. The van der Waals surface area contributed by atoms with Crippen LogP contribution in [0.4, 0.5) is 0 Å². The molecule has 0 saturated carbocycles. The molecule has 2 atom stereocenters. The molecule has 49 heavy (non-hydrogen) atoms. The highest BCUT2D eigenvalue weighted by Crippen LogP contribution is 2.39. The van der Waals surface area contributed by atoms with Crippen LogP contribution in [0.3, 0.4) is 0 Å². The minimum atomic E-state index is -2.75. The van der Waals surface area contributed by atoms with Crippen molar-refractivity contribution in [2.75, 3.05) is 26.4 Å². The normalized spacial score (nSPS) is 17.6. The van der Waals surface area contributed by atoms with Crippen LogP contribution in [-0.4, -0.2) is 66.0 Å². The van der Waals surface area contributed by atoms with E-state index in [-0.39, 0.29) is 34.7 Å². The summed E-state index contributed by atoms with van der Waals surface area (Å²) in [5.41, 5.74) is 0. The summed E-state index contributed by atoms with van der Waals surface area (Å²) in [6.45, 7) is 17.4. The zero-order valence-corrected chi connectivity index (χ0v) is 32.5. The summed E-state index contributed by atoms with van der Waals surface area (Å²) < 4.78 is 20.4. The van der Waals surface area contributed by atoms with Crippen molar-refractivity contribution in [3.8, 4) is 0 Å². The van der Waals surface area contributed by atoms with Crippen LogP contribution in [0.1, 0.15) is 61.3 Å². The van der Waals surface area contributed by atoms with Crippen molar-refractivity contribution >= 4 is 43.4 Å². The molecule has 0 amide bonds. The second-order valence-electron chi connectivity index (χ2n) is 15.3. The predicted molar refractivity (Wildman–Crippen MR) is 207 cm³/mol. The molecule has 1 fully saturated rings. The van der Waals surface area contributed by atoms with Crippen LogP contribution in [0.5, 0.6) is 0 Å². The lowest BCUT2D eigenvalue weighted by atomic mass is 10.2. The molecule has 0 spiro atoms. The molecule has 1 aliphatic rings. The molecule has 0 bridgehead atoms. The standard InChI is InChI=1S/C42H55NO4Si2/c1-8-45-40(44)31-43-34(32-46-48(41(2,3)4,36-21-13-9-14-22-36)37-23-15-10-16-24-37)29-30-35(43)33-47-49(42(5,6)7,38-25-17-11-18-26-38)39-27-19-12-20-28-39/h9-28,34-35H,8,29-33H2,1-7H3/t34-,35-/m1/s1. The predicted octanol–water partition coefficient (Wildman–Crippen LogP) is 6.54. The molecular weight excluding hydrogens is 639 g/mol. The third-order valence-corrected chi connectivity index (χ3v) is 20.2. The van der Waals surface area contributed by atoms with Crippen LogP contribution in [0.25, 0.3) is 0 Å². The molecule has 4 aromatic carbocycles. The molecule has 260 valence electrons. The maximum absolute atomic E-state index is 13.2. The number of nitrogens with zero attached hydrogens (tertiary/aromatic N) is 1. The van der Waals surface area contributed by atoms with E-state index in [1.54, 1.807) is 0 Å². The van der Waals surface area contributed by atoms with Crippen molar-refractivity contribution < 1.29 is 18.4 Å². The van der Waals surface area contributed by atoms with Crippen LogP contribution in [-0.2, 0) is 18.4 Å². The lowest BCUT2D eigenvalue weighted by Gasteiger charge is -2.45. The molecule has 1 heterocycles. The fourth-order valence-corrected chi connectivity index (χ4v) is 17.1. The van der Waals surface area contributed by atoms with Gasteiger partial charge in [0.15, 0.2) is 0 Å². The van der Waals surface area contributed by atoms with Crippen LogP contribution < -0.4 is 20.7 Å². The lowest BCUT2D eigenvalue weighted by molar-refractivity contribution is -0.145. The van der Waals surface area contributed by atoms with Gasteiger partial charge in [-0.1, -0.05) is 163 Å². The molecule has 5 rings (SSSR count). The summed E-state index contributed by atoms with van der Waals surface area (Å²) in [6.07, 6.45) is 1.85. The van der Waals surface area contributed by atoms with Crippen LogP contribution in [0.2, 0.25) is 10.1 Å². The average molecular weight is 694 g/mol. The van der Waals surface area contributed by atoms with E-state index in [0.29, 0.717) is 19.8 Å². The van der Waals surface area contributed by atoms with Crippen molar-refractivity contribution in [2.45, 2.75) is 83.5 Å². The quantitative estimate of drug-likeness (QED) is 0.118. The summed E-state index contributed by atoms with van der Waals surface area (Å²) in [5.74, 6) is -0.199. The Balaban J connectivity index is 1.49. The van der Waals surface area contributed by atoms with Gasteiger partial charge in [-0.15, -0.1) is 0 Å². The molecule has 0 aliphatic carbocycles. The number of ether oxygens (including phenoxy) is 1. The lowest BCUT2D eigenvalue weighted by Crippen LogP contribution is -2.68. The van der Waals surface area contributed by atoms with Gasteiger partial charge in [-0.2, -0.15) is 0 Å². The van der Waals surface area contributed by atoms with Gasteiger partial charge in [-0.25, -0.2) is 0 Å². The fraction of sp³-hybridized carbons (Fsp3) is 0.405. The zero-order valence-electron chi connectivity index (χ0n) is 30.5. The van der Waals surface area contributed by atoms with Gasteiger partial charge in [0.2, 0.25) is 0 Å². The van der Waals surface area contributed by atoms with E-state index in [0.717, 1.165) is 12.8 Å². The van der Waals surface area contributed by atoms with E-state index in [4.69, 9.17) is 13.6 Å². The van der Waals surface area contributed by atoms with Gasteiger partial charge in [-0.3, -0.25) is 9.69 Å². The zero-order chi connectivity index (χ0) is 35.1. The number of hydrogen-bond donors (Lipinski definition) is 0. The third-order valence-electron chi connectivity index (χ3n) is 10.2. The first-order valence-corrected chi connectivity index (χ1v) is 21.7. The highest BCUT2D eigenvalue weighted by molar-refractivity contribution is 7.00. The van der Waals surface area contributed by atoms with Crippen molar-refractivity contribution in [1.82, 2.24) is 4.90 Å². The van der Waals surface area contributed by atoms with Crippen LogP contribution >= 0.6 is 0 Å². The third kappa shape index (κ3) is 7.71. The van der Waals surface area contributed by atoms with E-state index in [9.17, 15) is 4.79 Å². The van der Waals surface area contributed by atoms with Crippen molar-refractivity contribution in [1.29, 1.82) is 0 Å². The van der Waals surface area contributed by atoms with E-state index >= 15 is 0 Å². The van der Waals surface area contributed by atoms with Crippen LogP contribution in [0, 0.1) is 0 Å². The minimum Gasteiger partial charge on any atom is -0.465 e. The number of carbonyl (C=O) groups is 1. The Morgan fingerprint density at radius 2 is 0.898 bits per heavy atom. The number of likely N-dealkylation sites (tertiary alicyclic amines) is 1. The van der Waals surface area contributed by atoms with Gasteiger partial charge in [0.1, 0.15) is 0 Å². The molecule has 0 radical (unpaired) electrons. The Hall–Kier alpha value is -3.34.